The second-order valence-electron chi connectivity index (χ2n) is 12.1. The molecule has 2 amide bonds. The molecule has 0 aromatic heterocycles. The second kappa shape index (κ2) is 11.9. The van der Waals surface area contributed by atoms with Crippen LogP contribution >= 0.6 is 0 Å². The number of piperazine rings is 1. The Balaban J connectivity index is 1.10. The van der Waals surface area contributed by atoms with Crippen LogP contribution in [0.5, 0.6) is 0 Å². The number of hydrogen-bond acceptors (Lipinski definition) is 4. The summed E-state index contributed by atoms with van der Waals surface area (Å²) in [7, 11) is 2.27. The quantitative estimate of drug-likeness (QED) is 0.448. The molecule has 5 fully saturated rings. The van der Waals surface area contributed by atoms with E-state index in [9.17, 15) is 9.59 Å². The Morgan fingerprint density at radius 3 is 2.51 bits per heavy atom. The van der Waals surface area contributed by atoms with Crippen molar-refractivity contribution in [2.24, 2.45) is 5.92 Å². The van der Waals surface area contributed by atoms with Crippen molar-refractivity contribution in [2.45, 2.75) is 94.9 Å². The molecule has 5 atom stereocenters. The number of hydrogen-bond donors (Lipinski definition) is 3. The third-order valence-electron chi connectivity index (χ3n) is 9.97. The van der Waals surface area contributed by atoms with Crippen molar-refractivity contribution in [1.29, 1.82) is 0 Å². The molecule has 198 valence electrons. The van der Waals surface area contributed by atoms with E-state index in [2.05, 4.69) is 32.4 Å². The number of likely N-dealkylation sites (N-methyl/N-ethyl adjacent to an activating group) is 1. The second-order valence-corrected chi connectivity index (χ2v) is 12.1. The molecule has 35 heavy (non-hydrogen) atoms. The molecule has 1 saturated carbocycles. The maximum Gasteiger partial charge on any atom is 0.243 e. The summed E-state index contributed by atoms with van der Waals surface area (Å²) in [5, 5.41) is 5.77. The van der Waals surface area contributed by atoms with Gasteiger partial charge in [0.15, 0.2) is 0 Å². The average molecular weight is 491 g/mol. The lowest BCUT2D eigenvalue weighted by atomic mass is 9.88. The summed E-state index contributed by atoms with van der Waals surface area (Å²) >= 11 is 0. The molecule has 4 heterocycles. The Labute approximate surface area is 212 Å². The number of carbonyl (C=O) groups excluding carboxylic acids is 2. The minimum Gasteiger partial charge on any atom is -0.349 e. The molecule has 0 aromatic carbocycles. The molecule has 4 aliphatic heterocycles. The highest BCUT2D eigenvalue weighted by Crippen LogP contribution is 2.28. The standard InChI is InChI=1S/C27H48N6O2/c1-30-22(10-11-25(34)32-17-15-31(16-18-32)24-9-5-6-13-28-24)19-29-27(35)26-23(30)12-14-33(26)20-21-7-3-2-4-8-21/h21-24,26,28H,2-20H2,1H3,(H,29,35)/p+2/t22-,23-,24?,26-/m0/s1. The van der Waals surface area contributed by atoms with Gasteiger partial charge in [0.05, 0.1) is 20.1 Å². The van der Waals surface area contributed by atoms with Crippen molar-refractivity contribution in [2.75, 3.05) is 59.4 Å². The van der Waals surface area contributed by atoms with E-state index in [1.54, 1.807) is 0 Å². The van der Waals surface area contributed by atoms with Crippen molar-refractivity contribution in [3.8, 4) is 0 Å². The number of carbonyl (C=O) groups is 2. The maximum absolute atomic E-state index is 13.1. The van der Waals surface area contributed by atoms with Crippen LogP contribution in [0.3, 0.4) is 0 Å². The minimum absolute atomic E-state index is 0.0160. The number of piperidine rings is 1. The Bertz CT molecular complexity index is 714. The van der Waals surface area contributed by atoms with Gasteiger partial charge in [0.2, 0.25) is 11.8 Å². The zero-order chi connectivity index (χ0) is 24.2. The average Bonchev–Trinajstić information content (AvgIpc) is 3.27. The van der Waals surface area contributed by atoms with Gasteiger partial charge >= 0.3 is 0 Å². The fraction of sp³-hybridized carbons (Fsp3) is 0.926. The number of quaternary nitrogens is 2. The fourth-order valence-corrected chi connectivity index (χ4v) is 7.73. The molecule has 2 unspecified atom stereocenters. The molecule has 0 bridgehead atoms. The molecule has 1 aliphatic carbocycles. The zero-order valence-corrected chi connectivity index (χ0v) is 22.1. The molecule has 8 nitrogen and oxygen atoms in total. The summed E-state index contributed by atoms with van der Waals surface area (Å²) in [6, 6.07) is 0.699. The van der Waals surface area contributed by atoms with Gasteiger partial charge in [-0.15, -0.1) is 0 Å². The van der Waals surface area contributed by atoms with E-state index < -0.39 is 0 Å². The van der Waals surface area contributed by atoms with Gasteiger partial charge in [-0.2, -0.15) is 0 Å². The molecule has 5 rings (SSSR count). The van der Waals surface area contributed by atoms with Gasteiger partial charge < -0.3 is 20.4 Å². The van der Waals surface area contributed by atoms with Crippen LogP contribution < -0.4 is 15.5 Å². The van der Waals surface area contributed by atoms with Gasteiger partial charge in [0.1, 0.15) is 24.3 Å². The number of nitrogens with one attached hydrogen (secondary N) is 2. The summed E-state index contributed by atoms with van der Waals surface area (Å²) in [6.45, 7) is 7.85. The van der Waals surface area contributed by atoms with Gasteiger partial charge in [-0.25, -0.2) is 0 Å². The fourth-order valence-electron chi connectivity index (χ4n) is 7.73. The zero-order valence-electron chi connectivity index (χ0n) is 22.1. The summed E-state index contributed by atoms with van der Waals surface area (Å²) in [6.07, 6.45) is 13.9. The van der Waals surface area contributed by atoms with Gasteiger partial charge in [0, 0.05) is 65.0 Å². The molecule has 4 N–H and O–H groups in total. The normalized spacial score (nSPS) is 36.0. The molecule has 0 radical (unpaired) electrons. The first kappa shape index (κ1) is 25.4. The Morgan fingerprint density at radius 2 is 1.77 bits per heavy atom. The van der Waals surface area contributed by atoms with Crippen LogP contribution in [0.1, 0.15) is 70.6 Å². The molecule has 5 aliphatic rings. The molecular weight excluding hydrogens is 440 g/mol. The van der Waals surface area contributed by atoms with Crippen LogP contribution in [0.25, 0.3) is 0 Å². The van der Waals surface area contributed by atoms with Gasteiger partial charge in [0.25, 0.3) is 0 Å². The first-order valence-corrected chi connectivity index (χ1v) is 14.8. The number of likely N-dealkylation sites (tertiary alicyclic amines) is 1. The number of rotatable bonds is 6. The Kier molecular flexibility index (Phi) is 8.64. The van der Waals surface area contributed by atoms with E-state index in [4.69, 9.17) is 0 Å². The molecule has 0 spiro atoms. The molecule has 0 aromatic rings. The Morgan fingerprint density at radius 1 is 1.00 bits per heavy atom. The third-order valence-corrected chi connectivity index (χ3v) is 9.97. The molecule has 4 saturated heterocycles. The lowest BCUT2D eigenvalue weighted by molar-refractivity contribution is -0.928. The van der Waals surface area contributed by atoms with Crippen LogP contribution in [0.15, 0.2) is 0 Å². The third kappa shape index (κ3) is 6.03. The van der Waals surface area contributed by atoms with E-state index in [-0.39, 0.29) is 11.9 Å². The van der Waals surface area contributed by atoms with Gasteiger partial charge in [-0.1, -0.05) is 19.3 Å². The van der Waals surface area contributed by atoms with Crippen LogP contribution in [-0.2, 0) is 9.59 Å². The van der Waals surface area contributed by atoms with E-state index in [1.807, 2.05) is 0 Å². The van der Waals surface area contributed by atoms with Gasteiger partial charge in [-0.3, -0.25) is 19.4 Å². The highest BCUT2D eigenvalue weighted by Gasteiger charge is 2.48. The van der Waals surface area contributed by atoms with E-state index in [0.717, 1.165) is 58.0 Å². The Hall–Kier alpha value is -1.22. The van der Waals surface area contributed by atoms with Crippen LogP contribution in [0.4, 0.5) is 0 Å². The maximum atomic E-state index is 13.1. The lowest BCUT2D eigenvalue weighted by Crippen LogP contribution is -3.18. The highest BCUT2D eigenvalue weighted by molar-refractivity contribution is 5.83. The topological polar surface area (TPSA) is 76.9 Å². The van der Waals surface area contributed by atoms with Gasteiger partial charge in [-0.05, 0) is 31.6 Å². The highest BCUT2D eigenvalue weighted by atomic mass is 16.2. The first-order valence-electron chi connectivity index (χ1n) is 14.8. The van der Waals surface area contributed by atoms with Crippen molar-refractivity contribution in [3.05, 3.63) is 0 Å². The van der Waals surface area contributed by atoms with E-state index in [1.165, 1.54) is 62.8 Å². The van der Waals surface area contributed by atoms with E-state index in [0.29, 0.717) is 37.1 Å². The summed E-state index contributed by atoms with van der Waals surface area (Å²) in [4.78, 5) is 34.8. The predicted molar refractivity (Wildman–Crippen MR) is 136 cm³/mol. The summed E-state index contributed by atoms with van der Waals surface area (Å²) in [5.74, 6) is 1.30. The summed E-state index contributed by atoms with van der Waals surface area (Å²) < 4.78 is 0. The van der Waals surface area contributed by atoms with Crippen LogP contribution in [0.2, 0.25) is 0 Å². The SMILES string of the molecule is C[NH+]1[C@@H](CCC(=O)N2CCN(C3CCCC[NH2+]3)CC2)CNC(=O)[C@@H]2[C@@H]1CCN2CC1CCCCC1. The largest absolute Gasteiger partial charge is 0.349 e. The smallest absolute Gasteiger partial charge is 0.243 e. The number of fused-ring (bicyclic) bond motifs is 1. The first-order chi connectivity index (χ1) is 17.1. The lowest BCUT2D eigenvalue weighted by Gasteiger charge is -2.39. The van der Waals surface area contributed by atoms with Crippen molar-refractivity contribution in [1.82, 2.24) is 20.0 Å². The number of nitrogens with zero attached hydrogens (tertiary/aromatic N) is 3. The predicted octanol–water partition coefficient (Wildman–Crippen LogP) is -0.979. The summed E-state index contributed by atoms with van der Waals surface area (Å²) in [5.41, 5.74) is 0. The van der Waals surface area contributed by atoms with Crippen LogP contribution in [-0.4, -0.2) is 110 Å². The minimum atomic E-state index is 0.0160. The van der Waals surface area contributed by atoms with Crippen molar-refractivity contribution in [3.63, 3.8) is 0 Å². The molecule has 8 heteroatoms. The number of amides is 2. The monoisotopic (exact) mass is 490 g/mol. The van der Waals surface area contributed by atoms with Crippen molar-refractivity contribution < 1.29 is 19.8 Å². The van der Waals surface area contributed by atoms with Crippen molar-refractivity contribution >= 4 is 11.8 Å². The van der Waals surface area contributed by atoms with Crippen LogP contribution in [0, 0.1) is 5.92 Å². The number of nitrogens with two attached hydrogens (primary N) is 1. The van der Waals surface area contributed by atoms with E-state index >= 15 is 0 Å². The molecular formula is C27H50N6O2+2.